The van der Waals surface area contributed by atoms with Gasteiger partial charge in [0.2, 0.25) is 0 Å². The molecule has 1 aromatic rings. The molecule has 100 valence electrons. The van der Waals surface area contributed by atoms with E-state index in [9.17, 15) is 8.78 Å². The van der Waals surface area contributed by atoms with E-state index in [2.05, 4.69) is 18.8 Å². The van der Waals surface area contributed by atoms with Crippen LogP contribution in [-0.2, 0) is 6.42 Å². The monoisotopic (exact) mass is 253 g/mol. The van der Waals surface area contributed by atoms with Gasteiger partial charge in [0, 0.05) is 6.04 Å². The molecule has 18 heavy (non-hydrogen) atoms. The van der Waals surface area contributed by atoms with Gasteiger partial charge in [0.15, 0.2) is 11.6 Å². The summed E-state index contributed by atoms with van der Waals surface area (Å²) in [7, 11) is 0. The lowest BCUT2D eigenvalue weighted by Gasteiger charge is -2.18. The molecule has 1 nitrogen and oxygen atoms in total. The van der Waals surface area contributed by atoms with Crippen LogP contribution in [-0.4, -0.2) is 12.6 Å². The predicted octanol–water partition coefficient (Wildman–Crippen LogP) is 3.84. The van der Waals surface area contributed by atoms with Crippen LogP contribution in [0.4, 0.5) is 8.78 Å². The number of rotatable bonds is 7. The Hall–Kier alpha value is -1.22. The van der Waals surface area contributed by atoms with Crippen LogP contribution >= 0.6 is 0 Å². The van der Waals surface area contributed by atoms with Crippen LogP contribution in [0, 0.1) is 11.6 Å². The van der Waals surface area contributed by atoms with Crippen LogP contribution in [0.1, 0.15) is 32.3 Å². The number of hydrogen-bond acceptors (Lipinski definition) is 1. The van der Waals surface area contributed by atoms with E-state index >= 15 is 0 Å². The van der Waals surface area contributed by atoms with E-state index in [-0.39, 0.29) is 6.04 Å². The molecule has 0 saturated carbocycles. The molecule has 1 unspecified atom stereocenters. The van der Waals surface area contributed by atoms with Crippen molar-refractivity contribution in [3.05, 3.63) is 47.5 Å². The molecular weight excluding hydrogens is 232 g/mol. The molecule has 0 bridgehead atoms. The van der Waals surface area contributed by atoms with Crippen molar-refractivity contribution >= 4 is 0 Å². The fraction of sp³-hybridized carbons (Fsp3) is 0.467. The maximum Gasteiger partial charge on any atom is 0.159 e. The third-order valence-corrected chi connectivity index (χ3v) is 2.74. The first-order valence-electron chi connectivity index (χ1n) is 6.34. The van der Waals surface area contributed by atoms with E-state index < -0.39 is 11.6 Å². The molecule has 0 saturated heterocycles. The van der Waals surface area contributed by atoms with Gasteiger partial charge in [-0.3, -0.25) is 0 Å². The van der Waals surface area contributed by atoms with Crippen molar-refractivity contribution in [2.24, 2.45) is 0 Å². The molecule has 0 aliphatic heterocycles. The van der Waals surface area contributed by atoms with Crippen LogP contribution in [0.2, 0.25) is 0 Å². The summed E-state index contributed by atoms with van der Waals surface area (Å²) in [5, 5.41) is 3.41. The molecule has 0 fully saturated rings. The van der Waals surface area contributed by atoms with Gasteiger partial charge in [-0.25, -0.2) is 8.78 Å². The topological polar surface area (TPSA) is 12.0 Å². The van der Waals surface area contributed by atoms with Gasteiger partial charge < -0.3 is 5.32 Å². The number of hydrogen-bond donors (Lipinski definition) is 1. The van der Waals surface area contributed by atoms with Crippen molar-refractivity contribution in [2.75, 3.05) is 6.54 Å². The predicted molar refractivity (Wildman–Crippen MR) is 71.6 cm³/mol. The second-order valence-electron chi connectivity index (χ2n) is 4.76. The van der Waals surface area contributed by atoms with Crippen molar-refractivity contribution in [2.45, 2.75) is 39.2 Å². The van der Waals surface area contributed by atoms with Gasteiger partial charge in [-0.15, -0.1) is 6.58 Å². The van der Waals surface area contributed by atoms with E-state index in [0.29, 0.717) is 6.42 Å². The van der Waals surface area contributed by atoms with Gasteiger partial charge in [0.05, 0.1) is 0 Å². The summed E-state index contributed by atoms with van der Waals surface area (Å²) in [6.07, 6.45) is 2.58. The Labute approximate surface area is 108 Å². The average Bonchev–Trinajstić information content (AvgIpc) is 2.30. The van der Waals surface area contributed by atoms with Crippen LogP contribution < -0.4 is 5.32 Å². The molecule has 3 heteroatoms. The summed E-state index contributed by atoms with van der Waals surface area (Å²) in [4.78, 5) is 0. The zero-order valence-electron chi connectivity index (χ0n) is 11.1. The molecule has 1 aromatic carbocycles. The summed E-state index contributed by atoms with van der Waals surface area (Å²) in [5.74, 6) is -1.58. The van der Waals surface area contributed by atoms with Gasteiger partial charge in [-0.05, 0) is 50.4 Å². The third-order valence-electron chi connectivity index (χ3n) is 2.74. The van der Waals surface area contributed by atoms with E-state index in [1.54, 1.807) is 6.07 Å². The number of halogens is 2. The van der Waals surface area contributed by atoms with Gasteiger partial charge >= 0.3 is 0 Å². The highest BCUT2D eigenvalue weighted by molar-refractivity contribution is 5.19. The lowest BCUT2D eigenvalue weighted by molar-refractivity contribution is 0.491. The SMILES string of the molecule is C=C(C)CC(Cc1ccc(F)c(F)c1)NCCC. The molecule has 1 rings (SSSR count). The highest BCUT2D eigenvalue weighted by Gasteiger charge is 2.10. The van der Waals surface area contributed by atoms with Gasteiger partial charge in [-0.2, -0.15) is 0 Å². The zero-order valence-corrected chi connectivity index (χ0v) is 11.1. The molecule has 0 aliphatic rings. The molecule has 0 radical (unpaired) electrons. The number of benzene rings is 1. The Morgan fingerprint density at radius 1 is 1.33 bits per heavy atom. The molecule has 0 heterocycles. The molecule has 0 aromatic heterocycles. The van der Waals surface area contributed by atoms with Crippen molar-refractivity contribution in [3.8, 4) is 0 Å². The molecular formula is C15H21F2N. The third kappa shape index (κ3) is 4.96. The maximum atomic E-state index is 13.1. The zero-order chi connectivity index (χ0) is 13.5. The van der Waals surface area contributed by atoms with Crippen LogP contribution in [0.15, 0.2) is 30.4 Å². The Kier molecular flexibility index (Phi) is 5.99. The summed E-state index contributed by atoms with van der Waals surface area (Å²) >= 11 is 0. The van der Waals surface area contributed by atoms with Crippen molar-refractivity contribution in [1.29, 1.82) is 0 Å². The van der Waals surface area contributed by atoms with E-state index in [1.165, 1.54) is 12.1 Å². The van der Waals surface area contributed by atoms with Crippen LogP contribution in [0.5, 0.6) is 0 Å². The number of nitrogens with one attached hydrogen (secondary N) is 1. The van der Waals surface area contributed by atoms with Crippen LogP contribution in [0.3, 0.4) is 0 Å². The summed E-state index contributed by atoms with van der Waals surface area (Å²) in [6.45, 7) is 8.90. The van der Waals surface area contributed by atoms with E-state index in [4.69, 9.17) is 0 Å². The first kappa shape index (κ1) is 14.8. The fourth-order valence-corrected chi connectivity index (χ4v) is 1.94. The quantitative estimate of drug-likeness (QED) is 0.728. The Morgan fingerprint density at radius 2 is 2.06 bits per heavy atom. The average molecular weight is 253 g/mol. The minimum absolute atomic E-state index is 0.229. The maximum absolute atomic E-state index is 13.1. The van der Waals surface area contributed by atoms with E-state index in [1.807, 2.05) is 6.92 Å². The smallest absolute Gasteiger partial charge is 0.159 e. The largest absolute Gasteiger partial charge is 0.313 e. The first-order chi connectivity index (χ1) is 8.52. The highest BCUT2D eigenvalue weighted by Crippen LogP contribution is 2.13. The van der Waals surface area contributed by atoms with Crippen molar-refractivity contribution in [1.82, 2.24) is 5.32 Å². The minimum atomic E-state index is -0.795. The summed E-state index contributed by atoms with van der Waals surface area (Å²) in [6, 6.07) is 4.32. The van der Waals surface area contributed by atoms with Crippen molar-refractivity contribution < 1.29 is 8.78 Å². The van der Waals surface area contributed by atoms with Gasteiger partial charge in [0.1, 0.15) is 0 Å². The first-order valence-corrected chi connectivity index (χ1v) is 6.34. The molecule has 1 atom stereocenters. The summed E-state index contributed by atoms with van der Waals surface area (Å²) < 4.78 is 26.0. The molecule has 0 amide bonds. The summed E-state index contributed by atoms with van der Waals surface area (Å²) in [5.41, 5.74) is 1.90. The highest BCUT2D eigenvalue weighted by atomic mass is 19.2. The Morgan fingerprint density at radius 3 is 2.61 bits per heavy atom. The second kappa shape index (κ2) is 7.27. The molecule has 1 N–H and O–H groups in total. The van der Waals surface area contributed by atoms with Gasteiger partial charge in [-0.1, -0.05) is 18.6 Å². The Balaban J connectivity index is 2.68. The van der Waals surface area contributed by atoms with Crippen LogP contribution in [0.25, 0.3) is 0 Å². The van der Waals surface area contributed by atoms with Crippen molar-refractivity contribution in [3.63, 3.8) is 0 Å². The second-order valence-corrected chi connectivity index (χ2v) is 4.76. The standard InChI is InChI=1S/C15H21F2N/c1-4-7-18-13(8-11(2)3)9-12-5-6-14(16)15(17)10-12/h5-6,10,13,18H,2,4,7-9H2,1,3H3. The van der Waals surface area contributed by atoms with Gasteiger partial charge in [0.25, 0.3) is 0 Å². The molecule has 0 spiro atoms. The van der Waals surface area contributed by atoms with E-state index in [0.717, 1.165) is 30.5 Å². The fourth-order valence-electron chi connectivity index (χ4n) is 1.94. The normalized spacial score (nSPS) is 12.4. The lowest BCUT2D eigenvalue weighted by Crippen LogP contribution is -2.32. The lowest BCUT2D eigenvalue weighted by atomic mass is 10.00. The molecule has 0 aliphatic carbocycles. The Bertz CT molecular complexity index is 401. The minimum Gasteiger partial charge on any atom is -0.313 e.